The Kier molecular flexibility index (Phi) is 4.39. The first kappa shape index (κ1) is 12.0. The lowest BCUT2D eigenvalue weighted by atomic mass is 9.92. The minimum absolute atomic E-state index is 0.436. The lowest BCUT2D eigenvalue weighted by Gasteiger charge is -2.43. The second-order valence-electron chi connectivity index (χ2n) is 5.09. The van der Waals surface area contributed by atoms with E-state index in [1.807, 2.05) is 0 Å². The van der Waals surface area contributed by atoms with E-state index in [1.165, 1.54) is 25.8 Å². The summed E-state index contributed by atoms with van der Waals surface area (Å²) in [5, 5.41) is 0. The minimum Gasteiger partial charge on any atom is -0.328 e. The van der Waals surface area contributed by atoms with Crippen LogP contribution in [0.1, 0.15) is 47.0 Å². The average Bonchev–Trinajstić information content (AvgIpc) is 2.09. The highest BCUT2D eigenvalue weighted by Crippen LogP contribution is 2.24. The van der Waals surface area contributed by atoms with Crippen LogP contribution in [0, 0.1) is 5.92 Å². The Morgan fingerprint density at radius 2 is 2.07 bits per heavy atom. The zero-order valence-corrected chi connectivity index (χ0v) is 10.2. The highest BCUT2D eigenvalue weighted by atomic mass is 15.2. The third-order valence-electron chi connectivity index (χ3n) is 3.58. The van der Waals surface area contributed by atoms with Gasteiger partial charge in [-0.25, -0.2) is 0 Å². The first-order valence-electron chi connectivity index (χ1n) is 6.07. The summed E-state index contributed by atoms with van der Waals surface area (Å²) >= 11 is 0. The van der Waals surface area contributed by atoms with Crippen LogP contribution in [0.4, 0.5) is 0 Å². The molecular weight excluding hydrogens is 172 g/mol. The van der Waals surface area contributed by atoms with Crippen molar-refractivity contribution in [1.82, 2.24) is 4.90 Å². The summed E-state index contributed by atoms with van der Waals surface area (Å²) in [6.07, 6.45) is 3.61. The molecule has 1 aliphatic rings. The van der Waals surface area contributed by atoms with Crippen LogP contribution in [0.5, 0.6) is 0 Å². The van der Waals surface area contributed by atoms with Gasteiger partial charge in [0.1, 0.15) is 0 Å². The summed E-state index contributed by atoms with van der Waals surface area (Å²) in [4.78, 5) is 2.66. The molecule has 1 heterocycles. The summed E-state index contributed by atoms with van der Waals surface area (Å²) in [6, 6.07) is 1.86. The van der Waals surface area contributed by atoms with E-state index in [0.717, 1.165) is 12.0 Å². The Labute approximate surface area is 88.8 Å². The van der Waals surface area contributed by atoms with Crippen LogP contribution in [0.2, 0.25) is 0 Å². The van der Waals surface area contributed by atoms with Gasteiger partial charge in [-0.15, -0.1) is 0 Å². The van der Waals surface area contributed by atoms with Gasteiger partial charge in [-0.3, -0.25) is 4.90 Å². The molecule has 1 rings (SSSR count). The number of piperidine rings is 1. The van der Waals surface area contributed by atoms with Crippen LogP contribution >= 0.6 is 0 Å². The van der Waals surface area contributed by atoms with E-state index in [2.05, 4.69) is 32.6 Å². The van der Waals surface area contributed by atoms with Gasteiger partial charge in [0.15, 0.2) is 0 Å². The van der Waals surface area contributed by atoms with Crippen molar-refractivity contribution in [2.24, 2.45) is 11.7 Å². The predicted octanol–water partition coefficient (Wildman–Crippen LogP) is 2.23. The van der Waals surface area contributed by atoms with Gasteiger partial charge in [0.2, 0.25) is 0 Å². The smallest absolute Gasteiger partial charge is 0.0118 e. The molecule has 14 heavy (non-hydrogen) atoms. The van der Waals surface area contributed by atoms with Gasteiger partial charge in [-0.05, 0) is 32.1 Å². The van der Waals surface area contributed by atoms with Crippen molar-refractivity contribution in [3.05, 3.63) is 0 Å². The first-order valence-corrected chi connectivity index (χ1v) is 6.07. The Morgan fingerprint density at radius 3 is 2.50 bits per heavy atom. The number of hydrogen-bond acceptors (Lipinski definition) is 2. The number of likely N-dealkylation sites (tertiary alicyclic amines) is 1. The van der Waals surface area contributed by atoms with Crippen LogP contribution in [0.15, 0.2) is 0 Å². The summed E-state index contributed by atoms with van der Waals surface area (Å²) in [5.41, 5.74) is 5.98. The SMILES string of the molecule is CCC(C(C)C)N1CCC(N)CC1C. The number of nitrogens with zero attached hydrogens (tertiary/aromatic N) is 1. The Bertz CT molecular complexity index is 168. The van der Waals surface area contributed by atoms with Crippen molar-refractivity contribution in [3.8, 4) is 0 Å². The van der Waals surface area contributed by atoms with Crippen molar-refractivity contribution in [1.29, 1.82) is 0 Å². The molecule has 3 atom stereocenters. The van der Waals surface area contributed by atoms with Crippen LogP contribution in [-0.2, 0) is 0 Å². The van der Waals surface area contributed by atoms with Crippen molar-refractivity contribution < 1.29 is 0 Å². The maximum Gasteiger partial charge on any atom is 0.0118 e. The molecule has 0 aromatic rings. The fraction of sp³-hybridized carbons (Fsp3) is 1.00. The minimum atomic E-state index is 0.436. The second-order valence-corrected chi connectivity index (χ2v) is 5.09. The molecule has 2 nitrogen and oxygen atoms in total. The van der Waals surface area contributed by atoms with Gasteiger partial charge in [0, 0.05) is 24.7 Å². The molecule has 84 valence electrons. The monoisotopic (exact) mass is 198 g/mol. The lowest BCUT2D eigenvalue weighted by Crippen LogP contribution is -2.51. The van der Waals surface area contributed by atoms with Crippen LogP contribution in [-0.4, -0.2) is 29.6 Å². The van der Waals surface area contributed by atoms with Gasteiger partial charge in [0.05, 0.1) is 0 Å². The first-order chi connectivity index (χ1) is 6.56. The lowest BCUT2D eigenvalue weighted by molar-refractivity contribution is 0.0684. The third kappa shape index (κ3) is 2.71. The fourth-order valence-electron chi connectivity index (χ4n) is 2.81. The van der Waals surface area contributed by atoms with Crippen molar-refractivity contribution in [3.63, 3.8) is 0 Å². The molecule has 0 aromatic heterocycles. The maximum atomic E-state index is 5.98. The second kappa shape index (κ2) is 5.13. The van der Waals surface area contributed by atoms with E-state index in [0.29, 0.717) is 12.1 Å². The standard InChI is InChI=1S/C12H26N2/c1-5-12(9(2)3)14-7-6-11(13)8-10(14)4/h9-12H,5-8,13H2,1-4H3. The molecule has 0 amide bonds. The van der Waals surface area contributed by atoms with Crippen molar-refractivity contribution in [2.75, 3.05) is 6.54 Å². The van der Waals surface area contributed by atoms with E-state index in [1.54, 1.807) is 0 Å². The molecule has 0 aromatic carbocycles. The molecule has 0 spiro atoms. The highest BCUT2D eigenvalue weighted by molar-refractivity contribution is 4.86. The average molecular weight is 198 g/mol. The largest absolute Gasteiger partial charge is 0.328 e. The zero-order chi connectivity index (χ0) is 10.7. The molecule has 0 saturated carbocycles. The fourth-order valence-corrected chi connectivity index (χ4v) is 2.81. The zero-order valence-electron chi connectivity index (χ0n) is 10.2. The number of hydrogen-bond donors (Lipinski definition) is 1. The molecule has 2 heteroatoms. The highest BCUT2D eigenvalue weighted by Gasteiger charge is 2.29. The van der Waals surface area contributed by atoms with Gasteiger partial charge >= 0.3 is 0 Å². The molecule has 0 bridgehead atoms. The molecule has 2 N–H and O–H groups in total. The van der Waals surface area contributed by atoms with Crippen LogP contribution < -0.4 is 5.73 Å². The van der Waals surface area contributed by atoms with E-state index < -0.39 is 0 Å². The Balaban J connectivity index is 2.57. The Morgan fingerprint density at radius 1 is 1.43 bits per heavy atom. The van der Waals surface area contributed by atoms with Crippen LogP contribution in [0.25, 0.3) is 0 Å². The molecule has 3 unspecified atom stereocenters. The number of nitrogens with two attached hydrogens (primary N) is 1. The Hall–Kier alpha value is -0.0800. The summed E-state index contributed by atoms with van der Waals surface area (Å²) in [5.74, 6) is 0.761. The molecular formula is C12H26N2. The van der Waals surface area contributed by atoms with Crippen molar-refractivity contribution >= 4 is 0 Å². The van der Waals surface area contributed by atoms with E-state index in [9.17, 15) is 0 Å². The van der Waals surface area contributed by atoms with E-state index in [-0.39, 0.29) is 0 Å². The molecule has 1 aliphatic heterocycles. The van der Waals surface area contributed by atoms with E-state index in [4.69, 9.17) is 5.73 Å². The maximum absolute atomic E-state index is 5.98. The van der Waals surface area contributed by atoms with Crippen molar-refractivity contribution in [2.45, 2.75) is 65.1 Å². The molecule has 0 radical (unpaired) electrons. The molecule has 1 saturated heterocycles. The topological polar surface area (TPSA) is 29.3 Å². The predicted molar refractivity (Wildman–Crippen MR) is 62.3 cm³/mol. The number of rotatable bonds is 3. The van der Waals surface area contributed by atoms with Gasteiger partial charge in [0.25, 0.3) is 0 Å². The quantitative estimate of drug-likeness (QED) is 0.753. The van der Waals surface area contributed by atoms with Gasteiger partial charge in [-0.2, -0.15) is 0 Å². The van der Waals surface area contributed by atoms with Crippen LogP contribution in [0.3, 0.4) is 0 Å². The molecule has 0 aliphatic carbocycles. The summed E-state index contributed by atoms with van der Waals surface area (Å²) in [7, 11) is 0. The van der Waals surface area contributed by atoms with Gasteiger partial charge < -0.3 is 5.73 Å². The normalized spacial score (nSPS) is 32.1. The van der Waals surface area contributed by atoms with E-state index >= 15 is 0 Å². The molecule has 1 fully saturated rings. The van der Waals surface area contributed by atoms with Gasteiger partial charge in [-0.1, -0.05) is 20.8 Å². The third-order valence-corrected chi connectivity index (χ3v) is 3.58. The summed E-state index contributed by atoms with van der Waals surface area (Å²) in [6.45, 7) is 10.5. The summed E-state index contributed by atoms with van der Waals surface area (Å²) < 4.78 is 0.